The molecule has 0 saturated carbocycles. The fourth-order valence-corrected chi connectivity index (χ4v) is 1.43. The number of benzene rings is 1. The Kier molecular flexibility index (Phi) is 2.88. The van der Waals surface area contributed by atoms with E-state index in [1.165, 1.54) is 6.20 Å². The summed E-state index contributed by atoms with van der Waals surface area (Å²) in [5, 5.41) is 8.59. The lowest BCUT2D eigenvalue weighted by Gasteiger charge is -2.02. The number of aromatic nitrogens is 2. The first kappa shape index (κ1) is 10.9. The Morgan fingerprint density at radius 3 is 2.59 bits per heavy atom. The van der Waals surface area contributed by atoms with Crippen LogP contribution in [0, 0.1) is 11.3 Å². The van der Waals surface area contributed by atoms with Gasteiger partial charge in [-0.05, 0) is 17.7 Å². The maximum atomic E-state index is 11.7. The third-order valence-corrected chi connectivity index (χ3v) is 2.31. The lowest BCUT2D eigenvalue weighted by atomic mass is 10.1. The van der Waals surface area contributed by atoms with Crippen LogP contribution in [0.15, 0.2) is 35.3 Å². The predicted octanol–water partition coefficient (Wildman–Crippen LogP) is 1.32. The predicted molar refractivity (Wildman–Crippen MR) is 61.6 cm³/mol. The Bertz CT molecular complexity index is 623. The van der Waals surface area contributed by atoms with Gasteiger partial charge in [-0.1, -0.05) is 12.1 Å². The zero-order valence-electron chi connectivity index (χ0n) is 9.10. The maximum absolute atomic E-state index is 11.7. The molecule has 17 heavy (non-hydrogen) atoms. The van der Waals surface area contributed by atoms with Crippen LogP contribution in [0.3, 0.4) is 0 Å². The van der Waals surface area contributed by atoms with Gasteiger partial charge in [-0.15, -0.1) is 0 Å². The van der Waals surface area contributed by atoms with Crippen molar-refractivity contribution in [2.24, 2.45) is 0 Å². The van der Waals surface area contributed by atoms with Crippen molar-refractivity contribution in [1.29, 1.82) is 5.26 Å². The Hall–Kier alpha value is -2.61. The summed E-state index contributed by atoms with van der Waals surface area (Å²) in [5.74, 6) is 0.721. The topological polar surface area (TPSA) is 78.8 Å². The van der Waals surface area contributed by atoms with Crippen molar-refractivity contribution >= 4 is 0 Å². The molecule has 0 radical (unpaired) electrons. The number of rotatable bonds is 2. The van der Waals surface area contributed by atoms with E-state index in [4.69, 9.17) is 10.00 Å². The zero-order valence-corrected chi connectivity index (χ0v) is 9.10. The van der Waals surface area contributed by atoms with E-state index in [0.717, 1.165) is 5.56 Å². The summed E-state index contributed by atoms with van der Waals surface area (Å²) in [7, 11) is 1.57. The first-order valence-electron chi connectivity index (χ1n) is 4.88. The van der Waals surface area contributed by atoms with Crippen molar-refractivity contribution in [2.75, 3.05) is 7.11 Å². The van der Waals surface area contributed by atoms with Crippen LogP contribution in [0.5, 0.6) is 5.75 Å². The quantitative estimate of drug-likeness (QED) is 0.839. The van der Waals surface area contributed by atoms with Gasteiger partial charge in [-0.3, -0.25) is 9.78 Å². The Morgan fingerprint density at radius 1 is 1.35 bits per heavy atom. The van der Waals surface area contributed by atoms with E-state index in [9.17, 15) is 4.79 Å². The molecule has 0 saturated heterocycles. The molecular formula is C12H9N3O2. The molecule has 2 rings (SSSR count). The summed E-state index contributed by atoms with van der Waals surface area (Å²) in [6.07, 6.45) is 1.39. The van der Waals surface area contributed by atoms with Crippen molar-refractivity contribution in [3.8, 4) is 22.9 Å². The van der Waals surface area contributed by atoms with Crippen molar-refractivity contribution in [3.05, 3.63) is 46.6 Å². The number of hydrogen-bond acceptors (Lipinski definition) is 4. The van der Waals surface area contributed by atoms with Gasteiger partial charge in [0.1, 0.15) is 11.8 Å². The van der Waals surface area contributed by atoms with Gasteiger partial charge < -0.3 is 4.74 Å². The molecule has 1 heterocycles. The molecule has 5 nitrogen and oxygen atoms in total. The number of H-pyrrole nitrogens is 1. The van der Waals surface area contributed by atoms with Gasteiger partial charge in [0.2, 0.25) is 5.82 Å². The molecule has 1 aromatic heterocycles. The molecule has 0 aliphatic rings. The Morgan fingerprint density at radius 2 is 2.06 bits per heavy atom. The van der Waals surface area contributed by atoms with E-state index in [1.807, 2.05) is 0 Å². The number of nitriles is 1. The summed E-state index contributed by atoms with van der Waals surface area (Å²) in [4.78, 5) is 17.9. The zero-order chi connectivity index (χ0) is 12.3. The minimum absolute atomic E-state index is 0.00672. The van der Waals surface area contributed by atoms with Crippen LogP contribution in [-0.4, -0.2) is 17.1 Å². The van der Waals surface area contributed by atoms with Crippen molar-refractivity contribution < 1.29 is 4.74 Å². The van der Waals surface area contributed by atoms with Gasteiger partial charge in [0.15, 0.2) is 0 Å². The van der Waals surface area contributed by atoms with E-state index in [-0.39, 0.29) is 11.4 Å². The average Bonchev–Trinajstić information content (AvgIpc) is 2.39. The van der Waals surface area contributed by atoms with Crippen LogP contribution in [0.4, 0.5) is 0 Å². The first-order valence-corrected chi connectivity index (χ1v) is 4.88. The number of nitrogens with one attached hydrogen (secondary N) is 1. The van der Waals surface area contributed by atoms with Crippen LogP contribution in [0.2, 0.25) is 0 Å². The molecule has 0 fully saturated rings. The van der Waals surface area contributed by atoms with Crippen LogP contribution in [-0.2, 0) is 0 Å². The number of aromatic amines is 1. The fourth-order valence-electron chi connectivity index (χ4n) is 1.43. The van der Waals surface area contributed by atoms with Gasteiger partial charge >= 0.3 is 0 Å². The summed E-state index contributed by atoms with van der Waals surface area (Å²) in [6, 6.07) is 8.81. The Labute approximate surface area is 97.3 Å². The summed E-state index contributed by atoms with van der Waals surface area (Å²) in [5.41, 5.74) is 0.817. The molecule has 1 N–H and O–H groups in total. The first-order chi connectivity index (χ1) is 8.24. The number of ether oxygens (including phenoxy) is 1. The lowest BCUT2D eigenvalue weighted by Crippen LogP contribution is -2.11. The van der Waals surface area contributed by atoms with Crippen LogP contribution in [0.1, 0.15) is 5.82 Å². The van der Waals surface area contributed by atoms with E-state index < -0.39 is 0 Å². The van der Waals surface area contributed by atoms with Gasteiger partial charge in [0.05, 0.1) is 12.7 Å². The fraction of sp³-hybridized carbons (Fsp3) is 0.0833. The molecule has 0 atom stereocenters. The van der Waals surface area contributed by atoms with E-state index >= 15 is 0 Å². The second-order valence-electron chi connectivity index (χ2n) is 3.31. The highest BCUT2D eigenvalue weighted by Crippen LogP contribution is 2.18. The largest absolute Gasteiger partial charge is 0.497 e. The van der Waals surface area contributed by atoms with E-state index in [2.05, 4.69) is 9.97 Å². The Balaban J connectivity index is 2.46. The average molecular weight is 227 g/mol. The molecule has 0 spiro atoms. The normalized spacial score (nSPS) is 9.65. The van der Waals surface area contributed by atoms with Gasteiger partial charge in [-0.25, -0.2) is 4.98 Å². The summed E-state index contributed by atoms with van der Waals surface area (Å²) in [6.45, 7) is 0. The molecule has 0 bridgehead atoms. The van der Waals surface area contributed by atoms with Gasteiger partial charge in [-0.2, -0.15) is 5.26 Å². The standard InChI is InChI=1S/C12H9N3O2/c1-17-9-4-2-8(3-5-9)10-7-14-11(6-13)15-12(10)16/h2-5,7H,1H3,(H,14,15,16). The molecule has 0 amide bonds. The highest BCUT2D eigenvalue weighted by Gasteiger charge is 2.05. The highest BCUT2D eigenvalue weighted by atomic mass is 16.5. The molecule has 0 aliphatic heterocycles. The summed E-state index contributed by atoms with van der Waals surface area (Å²) >= 11 is 0. The molecular weight excluding hydrogens is 218 g/mol. The highest BCUT2D eigenvalue weighted by molar-refractivity contribution is 5.62. The third kappa shape index (κ3) is 2.16. The molecule has 5 heteroatoms. The smallest absolute Gasteiger partial charge is 0.259 e. The maximum Gasteiger partial charge on any atom is 0.259 e. The lowest BCUT2D eigenvalue weighted by molar-refractivity contribution is 0.415. The van der Waals surface area contributed by atoms with Crippen LogP contribution < -0.4 is 10.3 Å². The molecule has 0 unspecified atom stereocenters. The monoisotopic (exact) mass is 227 g/mol. The van der Waals surface area contributed by atoms with Crippen molar-refractivity contribution in [1.82, 2.24) is 9.97 Å². The van der Waals surface area contributed by atoms with Gasteiger partial charge in [0, 0.05) is 6.20 Å². The van der Waals surface area contributed by atoms with Crippen molar-refractivity contribution in [3.63, 3.8) is 0 Å². The molecule has 1 aromatic carbocycles. The van der Waals surface area contributed by atoms with Crippen LogP contribution >= 0.6 is 0 Å². The van der Waals surface area contributed by atoms with Crippen LogP contribution in [0.25, 0.3) is 11.1 Å². The molecule has 84 valence electrons. The number of methoxy groups -OCH3 is 1. The van der Waals surface area contributed by atoms with E-state index in [0.29, 0.717) is 11.3 Å². The van der Waals surface area contributed by atoms with Gasteiger partial charge in [0.25, 0.3) is 5.56 Å². The second kappa shape index (κ2) is 4.49. The van der Waals surface area contributed by atoms with Crippen molar-refractivity contribution in [2.45, 2.75) is 0 Å². The minimum atomic E-state index is -0.332. The summed E-state index contributed by atoms with van der Waals surface area (Å²) < 4.78 is 5.03. The third-order valence-electron chi connectivity index (χ3n) is 2.31. The molecule has 0 aliphatic carbocycles. The SMILES string of the molecule is COc1ccc(-c2cnc(C#N)[nH]c2=O)cc1. The number of nitrogens with zero attached hydrogens (tertiary/aromatic N) is 2. The number of hydrogen-bond donors (Lipinski definition) is 1. The minimum Gasteiger partial charge on any atom is -0.497 e. The molecule has 2 aromatic rings. The second-order valence-corrected chi connectivity index (χ2v) is 3.31. The van der Waals surface area contributed by atoms with E-state index in [1.54, 1.807) is 37.4 Å².